The molecule has 0 heterocycles. The number of ether oxygens (including phenoxy) is 2. The molecule has 0 saturated heterocycles. The van der Waals surface area contributed by atoms with Crippen LogP contribution in [0.1, 0.15) is 47.1 Å². The highest BCUT2D eigenvalue weighted by Gasteiger charge is 2.20. The van der Waals surface area contributed by atoms with E-state index in [0.717, 1.165) is 12.1 Å². The highest BCUT2D eigenvalue weighted by atomic mass is 16.6. The van der Waals surface area contributed by atoms with Crippen LogP contribution in [0.3, 0.4) is 0 Å². The molecule has 0 aliphatic rings. The van der Waals surface area contributed by atoms with Gasteiger partial charge in [-0.15, -0.1) is 0 Å². The van der Waals surface area contributed by atoms with E-state index in [0.29, 0.717) is 11.1 Å². The third kappa shape index (κ3) is 10.8. The Balaban J connectivity index is 1.87. The smallest absolute Gasteiger partial charge is 0.407 e. The zero-order chi connectivity index (χ0) is 29.7. The van der Waals surface area contributed by atoms with E-state index in [2.05, 4.69) is 10.6 Å². The van der Waals surface area contributed by atoms with E-state index in [9.17, 15) is 29.3 Å². The number of hydrogen-bond donors (Lipinski definition) is 3. The van der Waals surface area contributed by atoms with Crippen molar-refractivity contribution in [1.29, 1.82) is 0 Å². The molecule has 40 heavy (non-hydrogen) atoms. The predicted octanol–water partition coefficient (Wildman–Crippen LogP) is 3.70. The maximum absolute atomic E-state index is 12.9. The first-order chi connectivity index (χ1) is 18.9. The van der Waals surface area contributed by atoms with Crippen LogP contribution >= 0.6 is 0 Å². The topological polar surface area (TPSA) is 177 Å². The Labute approximate surface area is 230 Å². The van der Waals surface area contributed by atoms with Crippen LogP contribution in [0.2, 0.25) is 0 Å². The molecule has 0 atom stereocenters. The SMILES string of the molecule is CC(C)(C)OC(=O)NCCN(CCNC(=O)OC/C=C/c1ccc([N+](=O)[O-])c(C(=O)O)c1)C(=O)c1ccccc1. The fourth-order valence-electron chi connectivity index (χ4n) is 3.33. The highest BCUT2D eigenvalue weighted by Crippen LogP contribution is 2.20. The van der Waals surface area contributed by atoms with Gasteiger partial charge in [0.05, 0.1) is 4.92 Å². The lowest BCUT2D eigenvalue weighted by atomic mass is 10.1. The maximum atomic E-state index is 12.9. The number of rotatable bonds is 12. The van der Waals surface area contributed by atoms with E-state index >= 15 is 0 Å². The minimum Gasteiger partial charge on any atom is -0.477 e. The standard InChI is InChI=1S/C27H32N4O9/c1-27(2,3)40-26(36)29-14-16-30(23(32)20-9-5-4-6-10-20)15-13-28-25(35)39-17-7-8-19-11-12-22(31(37)38)21(18-19)24(33)34/h4-12,18H,13-17H2,1-3H3,(H,28,35)(H,29,36)(H,33,34)/b8-7+. The molecule has 13 heteroatoms. The number of carboxylic acid groups (broad SMARTS) is 1. The zero-order valence-corrected chi connectivity index (χ0v) is 22.4. The number of nitrogens with one attached hydrogen (secondary N) is 2. The number of aromatic carboxylic acids is 1. The van der Waals surface area contributed by atoms with Gasteiger partial charge in [0.15, 0.2) is 0 Å². The van der Waals surface area contributed by atoms with Gasteiger partial charge in [0.1, 0.15) is 17.8 Å². The minimum absolute atomic E-state index is 0.0673. The van der Waals surface area contributed by atoms with Crippen molar-refractivity contribution in [2.24, 2.45) is 0 Å². The molecule has 3 N–H and O–H groups in total. The van der Waals surface area contributed by atoms with E-state index in [-0.39, 0.29) is 38.7 Å². The van der Waals surface area contributed by atoms with Gasteiger partial charge in [0.2, 0.25) is 0 Å². The molecule has 2 aromatic carbocycles. The molecule has 0 saturated carbocycles. The van der Waals surface area contributed by atoms with Crippen LogP contribution in [0.15, 0.2) is 54.6 Å². The summed E-state index contributed by atoms with van der Waals surface area (Å²) in [6.07, 6.45) is 1.54. The van der Waals surface area contributed by atoms with Crippen molar-refractivity contribution in [2.75, 3.05) is 32.8 Å². The molecule has 2 aromatic rings. The van der Waals surface area contributed by atoms with Crippen LogP contribution in [0, 0.1) is 10.1 Å². The molecule has 0 aliphatic heterocycles. The van der Waals surface area contributed by atoms with E-state index in [1.54, 1.807) is 51.1 Å². The van der Waals surface area contributed by atoms with E-state index < -0.39 is 39.9 Å². The summed E-state index contributed by atoms with van der Waals surface area (Å²) >= 11 is 0. The number of benzene rings is 2. The van der Waals surface area contributed by atoms with Crippen LogP contribution in [-0.4, -0.2) is 77.4 Å². The molecule has 0 radical (unpaired) electrons. The first-order valence-electron chi connectivity index (χ1n) is 12.3. The summed E-state index contributed by atoms with van der Waals surface area (Å²) in [5.41, 5.74) is -0.818. The van der Waals surface area contributed by atoms with Gasteiger partial charge in [-0.1, -0.05) is 24.3 Å². The van der Waals surface area contributed by atoms with Crippen molar-refractivity contribution in [3.05, 3.63) is 81.4 Å². The van der Waals surface area contributed by atoms with Crippen molar-refractivity contribution >= 4 is 35.8 Å². The van der Waals surface area contributed by atoms with Crippen LogP contribution in [0.5, 0.6) is 0 Å². The summed E-state index contributed by atoms with van der Waals surface area (Å²) in [7, 11) is 0. The number of hydrogen-bond acceptors (Lipinski definition) is 8. The zero-order valence-electron chi connectivity index (χ0n) is 22.4. The van der Waals surface area contributed by atoms with Gasteiger partial charge in [0.25, 0.3) is 11.6 Å². The second kappa shape index (κ2) is 14.9. The second-order valence-electron chi connectivity index (χ2n) is 9.35. The van der Waals surface area contributed by atoms with E-state index in [4.69, 9.17) is 14.6 Å². The normalized spacial score (nSPS) is 11.0. The molecule has 0 unspecified atom stereocenters. The Morgan fingerprint density at radius 2 is 1.62 bits per heavy atom. The summed E-state index contributed by atoms with van der Waals surface area (Å²) in [5, 5.41) is 25.3. The predicted molar refractivity (Wildman–Crippen MR) is 145 cm³/mol. The number of carbonyl (C=O) groups excluding carboxylic acids is 3. The fourth-order valence-corrected chi connectivity index (χ4v) is 3.33. The number of nitro benzene ring substituents is 1. The number of nitrogens with zero attached hydrogens (tertiary/aromatic N) is 2. The fraction of sp³-hybridized carbons (Fsp3) is 0.333. The quantitative estimate of drug-likeness (QED) is 0.260. The average molecular weight is 557 g/mol. The third-order valence-corrected chi connectivity index (χ3v) is 5.08. The Kier molecular flexibility index (Phi) is 11.6. The largest absolute Gasteiger partial charge is 0.477 e. The van der Waals surface area contributed by atoms with Crippen molar-refractivity contribution in [3.8, 4) is 0 Å². The van der Waals surface area contributed by atoms with Gasteiger partial charge < -0.3 is 30.1 Å². The number of nitro groups is 1. The van der Waals surface area contributed by atoms with Crippen LogP contribution < -0.4 is 10.6 Å². The van der Waals surface area contributed by atoms with Crippen LogP contribution in [0.4, 0.5) is 15.3 Å². The van der Waals surface area contributed by atoms with Crippen molar-refractivity contribution in [1.82, 2.24) is 15.5 Å². The molecule has 13 nitrogen and oxygen atoms in total. The first kappa shape index (κ1) is 31.3. The summed E-state index contributed by atoms with van der Waals surface area (Å²) < 4.78 is 10.2. The summed E-state index contributed by atoms with van der Waals surface area (Å²) in [6, 6.07) is 12.2. The Morgan fingerprint density at radius 1 is 1.00 bits per heavy atom. The number of alkyl carbamates (subject to hydrolysis) is 2. The molecule has 0 spiro atoms. The van der Waals surface area contributed by atoms with Gasteiger partial charge in [-0.05, 0) is 56.7 Å². The molecule has 0 fully saturated rings. The van der Waals surface area contributed by atoms with Crippen LogP contribution in [0.25, 0.3) is 6.08 Å². The Morgan fingerprint density at radius 3 is 2.20 bits per heavy atom. The molecule has 2 rings (SSSR count). The second-order valence-corrected chi connectivity index (χ2v) is 9.35. The van der Waals surface area contributed by atoms with E-state index in [1.807, 2.05) is 0 Å². The van der Waals surface area contributed by atoms with Crippen molar-refractivity contribution < 1.29 is 38.7 Å². The van der Waals surface area contributed by atoms with Gasteiger partial charge in [-0.2, -0.15) is 0 Å². The van der Waals surface area contributed by atoms with Crippen molar-refractivity contribution in [3.63, 3.8) is 0 Å². The van der Waals surface area contributed by atoms with Gasteiger partial charge in [-0.3, -0.25) is 14.9 Å². The monoisotopic (exact) mass is 556 g/mol. The highest BCUT2D eigenvalue weighted by molar-refractivity contribution is 5.94. The maximum Gasteiger partial charge on any atom is 0.407 e. The molecule has 214 valence electrons. The van der Waals surface area contributed by atoms with Crippen LogP contribution in [-0.2, 0) is 9.47 Å². The van der Waals surface area contributed by atoms with Gasteiger partial charge >= 0.3 is 18.2 Å². The first-order valence-corrected chi connectivity index (χ1v) is 12.3. The average Bonchev–Trinajstić information content (AvgIpc) is 2.89. The molecular formula is C27H32N4O9. The Hall–Kier alpha value is -4.94. The molecular weight excluding hydrogens is 524 g/mol. The van der Waals surface area contributed by atoms with E-state index in [1.165, 1.54) is 23.1 Å². The molecule has 0 bridgehead atoms. The summed E-state index contributed by atoms with van der Waals surface area (Å²) in [6.45, 7) is 5.57. The lowest BCUT2D eigenvalue weighted by Crippen LogP contribution is -2.43. The molecule has 0 aromatic heterocycles. The Bertz CT molecular complexity index is 1240. The third-order valence-electron chi connectivity index (χ3n) is 5.08. The summed E-state index contributed by atoms with van der Waals surface area (Å²) in [5.74, 6) is -1.72. The molecule has 0 aliphatic carbocycles. The number of carboxylic acids is 1. The molecule has 3 amide bonds. The number of amides is 3. The minimum atomic E-state index is -1.43. The number of carbonyl (C=O) groups is 4. The summed E-state index contributed by atoms with van der Waals surface area (Å²) in [4.78, 5) is 59.8. The van der Waals surface area contributed by atoms with Crippen molar-refractivity contribution in [2.45, 2.75) is 26.4 Å². The lowest BCUT2D eigenvalue weighted by molar-refractivity contribution is -0.385. The van der Waals surface area contributed by atoms with Gasteiger partial charge in [-0.25, -0.2) is 14.4 Å². The lowest BCUT2D eigenvalue weighted by Gasteiger charge is -2.24. The van der Waals surface area contributed by atoms with Gasteiger partial charge in [0, 0.05) is 37.8 Å².